The monoisotopic (exact) mass is 258 g/mol. The molecule has 1 N–H and O–H groups in total. The highest BCUT2D eigenvalue weighted by Gasteiger charge is 2.03. The van der Waals surface area contributed by atoms with Gasteiger partial charge in [-0.1, -0.05) is 29.8 Å². The predicted octanol–water partition coefficient (Wildman–Crippen LogP) is 3.27. The van der Waals surface area contributed by atoms with Crippen molar-refractivity contribution in [3.05, 3.63) is 53.6 Å². The molecule has 0 bridgehead atoms. The van der Waals surface area contributed by atoms with Crippen molar-refractivity contribution >= 4 is 28.3 Å². The van der Waals surface area contributed by atoms with Crippen LogP contribution in [0.1, 0.15) is 5.82 Å². The quantitative estimate of drug-likeness (QED) is 0.718. The number of hydrogen-bond donors (Lipinski definition) is 1. The van der Waals surface area contributed by atoms with Gasteiger partial charge in [-0.25, -0.2) is 9.97 Å². The minimum Gasteiger partial charge on any atom is -0.277 e. The van der Waals surface area contributed by atoms with Crippen LogP contribution in [0.3, 0.4) is 0 Å². The molecule has 2 aromatic heterocycles. The van der Waals surface area contributed by atoms with E-state index in [1.165, 1.54) is 5.39 Å². The molecule has 0 unspecified atom stereocenters. The standard InChI is InChI=1S/C13H11ClN4/c1-9-15-12(14)8-13(16-9)17-18-7-6-10-4-2-3-5-11(10)18/h2-8H,1H3,(H,15,16,17). The minimum absolute atomic E-state index is 0.432. The topological polar surface area (TPSA) is 42.7 Å². The molecule has 3 aromatic rings. The average Bonchev–Trinajstić information content (AvgIpc) is 2.72. The molecule has 3 rings (SSSR count). The Kier molecular flexibility index (Phi) is 2.64. The summed E-state index contributed by atoms with van der Waals surface area (Å²) in [5.41, 5.74) is 4.28. The van der Waals surface area contributed by atoms with Crippen molar-refractivity contribution in [2.24, 2.45) is 0 Å². The predicted molar refractivity (Wildman–Crippen MR) is 72.7 cm³/mol. The van der Waals surface area contributed by atoms with Gasteiger partial charge >= 0.3 is 0 Å². The molecule has 2 heterocycles. The Morgan fingerprint density at radius 2 is 2.00 bits per heavy atom. The van der Waals surface area contributed by atoms with E-state index in [2.05, 4.69) is 21.5 Å². The van der Waals surface area contributed by atoms with E-state index >= 15 is 0 Å². The Bertz CT molecular complexity index is 685. The summed E-state index contributed by atoms with van der Waals surface area (Å²) >= 11 is 5.91. The number of hydrogen-bond acceptors (Lipinski definition) is 3. The molecule has 0 aliphatic heterocycles. The number of benzene rings is 1. The van der Waals surface area contributed by atoms with Crippen LogP contribution in [0.2, 0.25) is 5.15 Å². The SMILES string of the molecule is Cc1nc(Cl)cc(Nn2ccc3ccccc32)n1. The van der Waals surface area contributed by atoms with E-state index in [0.29, 0.717) is 16.8 Å². The highest BCUT2D eigenvalue weighted by atomic mass is 35.5. The molecular formula is C13H11ClN4. The van der Waals surface area contributed by atoms with Crippen LogP contribution in [0.4, 0.5) is 5.82 Å². The first-order valence-electron chi connectivity index (χ1n) is 5.57. The van der Waals surface area contributed by atoms with Gasteiger partial charge in [0.1, 0.15) is 16.8 Å². The van der Waals surface area contributed by atoms with Crippen molar-refractivity contribution in [3.8, 4) is 0 Å². The highest BCUT2D eigenvalue weighted by molar-refractivity contribution is 6.29. The number of para-hydroxylation sites is 1. The van der Waals surface area contributed by atoms with Gasteiger partial charge in [0.2, 0.25) is 0 Å². The molecule has 0 aliphatic carbocycles. The van der Waals surface area contributed by atoms with Crippen LogP contribution in [0.15, 0.2) is 42.6 Å². The molecule has 0 aliphatic rings. The Labute approximate surface area is 109 Å². The van der Waals surface area contributed by atoms with Crippen molar-refractivity contribution in [2.75, 3.05) is 5.43 Å². The van der Waals surface area contributed by atoms with E-state index in [1.54, 1.807) is 6.07 Å². The summed E-state index contributed by atoms with van der Waals surface area (Å²) in [5.74, 6) is 1.32. The summed E-state index contributed by atoms with van der Waals surface area (Å²) in [6, 6.07) is 11.8. The first kappa shape index (κ1) is 11.0. The van der Waals surface area contributed by atoms with Gasteiger partial charge in [0.15, 0.2) is 0 Å². The smallest absolute Gasteiger partial charge is 0.150 e. The summed E-state index contributed by atoms with van der Waals surface area (Å²) in [6.45, 7) is 1.81. The highest BCUT2D eigenvalue weighted by Crippen LogP contribution is 2.17. The second kappa shape index (κ2) is 4.31. The van der Waals surface area contributed by atoms with Gasteiger partial charge in [-0.2, -0.15) is 0 Å². The van der Waals surface area contributed by atoms with E-state index in [-0.39, 0.29) is 0 Å². The summed E-state index contributed by atoms with van der Waals surface area (Å²) in [4.78, 5) is 8.32. The first-order chi connectivity index (χ1) is 8.72. The molecule has 0 amide bonds. The molecule has 0 saturated carbocycles. The van der Waals surface area contributed by atoms with E-state index in [1.807, 2.05) is 42.1 Å². The normalized spacial score (nSPS) is 10.8. The Balaban J connectivity index is 2.01. The molecule has 1 aromatic carbocycles. The maximum Gasteiger partial charge on any atom is 0.150 e. The number of nitrogens with zero attached hydrogens (tertiary/aromatic N) is 3. The summed E-state index contributed by atoms with van der Waals surface area (Å²) in [6.07, 6.45) is 1.95. The number of aromatic nitrogens is 3. The van der Waals surface area contributed by atoms with Crippen molar-refractivity contribution in [1.29, 1.82) is 0 Å². The number of aryl methyl sites for hydroxylation is 1. The Hall–Kier alpha value is -2.07. The Morgan fingerprint density at radius 1 is 1.17 bits per heavy atom. The number of nitrogens with one attached hydrogen (secondary N) is 1. The van der Waals surface area contributed by atoms with Crippen LogP contribution < -0.4 is 5.43 Å². The van der Waals surface area contributed by atoms with Gasteiger partial charge in [-0.3, -0.25) is 10.1 Å². The maximum absolute atomic E-state index is 5.91. The van der Waals surface area contributed by atoms with E-state index in [4.69, 9.17) is 11.6 Å². The van der Waals surface area contributed by atoms with Crippen molar-refractivity contribution in [3.63, 3.8) is 0 Å². The third kappa shape index (κ3) is 2.02. The van der Waals surface area contributed by atoms with Gasteiger partial charge in [-0.15, -0.1) is 0 Å². The average molecular weight is 259 g/mol. The van der Waals surface area contributed by atoms with Crippen molar-refractivity contribution in [2.45, 2.75) is 6.92 Å². The minimum atomic E-state index is 0.432. The molecule has 0 saturated heterocycles. The van der Waals surface area contributed by atoms with Crippen LogP contribution >= 0.6 is 11.6 Å². The molecule has 0 atom stereocenters. The molecule has 18 heavy (non-hydrogen) atoms. The number of rotatable bonds is 2. The van der Waals surface area contributed by atoms with Crippen molar-refractivity contribution in [1.82, 2.24) is 14.6 Å². The first-order valence-corrected chi connectivity index (χ1v) is 5.94. The molecule has 0 fully saturated rings. The van der Waals surface area contributed by atoms with E-state index < -0.39 is 0 Å². The third-order valence-electron chi connectivity index (χ3n) is 2.64. The van der Waals surface area contributed by atoms with Crippen LogP contribution in [-0.2, 0) is 0 Å². The largest absolute Gasteiger partial charge is 0.277 e. The van der Waals surface area contributed by atoms with Crippen LogP contribution in [0, 0.1) is 6.92 Å². The fraction of sp³-hybridized carbons (Fsp3) is 0.0769. The molecule has 90 valence electrons. The fourth-order valence-corrected chi connectivity index (χ4v) is 2.12. The zero-order valence-corrected chi connectivity index (χ0v) is 10.5. The number of fused-ring (bicyclic) bond motifs is 1. The van der Waals surface area contributed by atoms with Gasteiger partial charge in [0, 0.05) is 17.6 Å². The second-order valence-electron chi connectivity index (χ2n) is 3.98. The fourth-order valence-electron chi connectivity index (χ4n) is 1.89. The summed E-state index contributed by atoms with van der Waals surface area (Å²) in [5, 5.41) is 1.60. The van der Waals surface area contributed by atoms with Crippen LogP contribution in [0.25, 0.3) is 10.9 Å². The molecule has 5 heteroatoms. The zero-order valence-electron chi connectivity index (χ0n) is 9.76. The van der Waals surface area contributed by atoms with Gasteiger partial charge in [0.25, 0.3) is 0 Å². The van der Waals surface area contributed by atoms with E-state index in [0.717, 1.165) is 5.52 Å². The molecule has 4 nitrogen and oxygen atoms in total. The van der Waals surface area contributed by atoms with E-state index in [9.17, 15) is 0 Å². The summed E-state index contributed by atoms with van der Waals surface area (Å²) < 4.78 is 1.91. The lowest BCUT2D eigenvalue weighted by atomic mass is 10.3. The molecule has 0 radical (unpaired) electrons. The second-order valence-corrected chi connectivity index (χ2v) is 4.37. The number of halogens is 1. The number of anilines is 1. The maximum atomic E-state index is 5.91. The van der Waals surface area contributed by atoms with Gasteiger partial charge < -0.3 is 0 Å². The zero-order chi connectivity index (χ0) is 12.5. The van der Waals surface area contributed by atoms with Crippen molar-refractivity contribution < 1.29 is 0 Å². The van der Waals surface area contributed by atoms with Gasteiger partial charge in [-0.05, 0) is 19.1 Å². The lowest BCUT2D eigenvalue weighted by molar-refractivity contribution is 0.961. The summed E-state index contributed by atoms with van der Waals surface area (Å²) in [7, 11) is 0. The molecule has 0 spiro atoms. The lowest BCUT2D eigenvalue weighted by Crippen LogP contribution is -2.09. The van der Waals surface area contributed by atoms with Gasteiger partial charge in [0.05, 0.1) is 5.52 Å². The van der Waals surface area contributed by atoms with Crippen LogP contribution in [-0.4, -0.2) is 14.6 Å². The lowest BCUT2D eigenvalue weighted by Gasteiger charge is -2.09. The molecular weight excluding hydrogens is 248 g/mol. The Morgan fingerprint density at radius 3 is 2.83 bits per heavy atom. The van der Waals surface area contributed by atoms with Crippen LogP contribution in [0.5, 0.6) is 0 Å². The third-order valence-corrected chi connectivity index (χ3v) is 2.83.